The van der Waals surface area contributed by atoms with Gasteiger partial charge in [-0.15, -0.1) is 0 Å². The third-order valence-corrected chi connectivity index (χ3v) is 4.43. The summed E-state index contributed by atoms with van der Waals surface area (Å²) in [7, 11) is -1.66. The molecule has 1 saturated heterocycles. The van der Waals surface area contributed by atoms with Crippen LogP contribution in [0.3, 0.4) is 0 Å². The van der Waals surface area contributed by atoms with E-state index in [1.807, 2.05) is 24.3 Å². The molecule has 1 aliphatic rings. The Hall–Kier alpha value is -1.80. The standard InChI is InChI=1S/C15H23N3O4S/c1-22-14-7-3-5-12(9-14)10-16-15(19)18-8-4-6-13(11-18)17-23(2,20)21/h3,5,7,9,13,17H,4,6,8,10-11H2,1-2H3,(H,16,19)/t13-/m0/s1. The normalized spacial score (nSPS) is 18.5. The number of hydrogen-bond donors (Lipinski definition) is 2. The van der Waals surface area contributed by atoms with E-state index in [0.29, 0.717) is 19.6 Å². The van der Waals surface area contributed by atoms with Crippen molar-refractivity contribution in [1.82, 2.24) is 14.9 Å². The molecule has 0 radical (unpaired) electrons. The van der Waals surface area contributed by atoms with Gasteiger partial charge >= 0.3 is 6.03 Å². The fourth-order valence-electron chi connectivity index (χ4n) is 2.63. The molecular formula is C15H23N3O4S. The number of nitrogens with one attached hydrogen (secondary N) is 2. The van der Waals surface area contributed by atoms with Crippen LogP contribution in [0.4, 0.5) is 4.79 Å². The number of nitrogens with zero attached hydrogens (tertiary/aromatic N) is 1. The summed E-state index contributed by atoms with van der Waals surface area (Å²) in [5, 5.41) is 2.86. The Morgan fingerprint density at radius 2 is 2.22 bits per heavy atom. The highest BCUT2D eigenvalue weighted by Crippen LogP contribution is 2.13. The van der Waals surface area contributed by atoms with E-state index in [1.54, 1.807) is 12.0 Å². The Labute approximate surface area is 137 Å². The molecule has 0 saturated carbocycles. The number of carbonyl (C=O) groups is 1. The quantitative estimate of drug-likeness (QED) is 0.834. The van der Waals surface area contributed by atoms with Crippen molar-refractivity contribution < 1.29 is 17.9 Å². The zero-order valence-electron chi connectivity index (χ0n) is 13.4. The molecule has 0 unspecified atom stereocenters. The Morgan fingerprint density at radius 1 is 1.43 bits per heavy atom. The van der Waals surface area contributed by atoms with Crippen molar-refractivity contribution in [1.29, 1.82) is 0 Å². The highest BCUT2D eigenvalue weighted by molar-refractivity contribution is 7.88. The maximum absolute atomic E-state index is 12.2. The lowest BCUT2D eigenvalue weighted by molar-refractivity contribution is 0.177. The van der Waals surface area contributed by atoms with Gasteiger partial charge in [-0.25, -0.2) is 17.9 Å². The first kappa shape index (κ1) is 17.6. The largest absolute Gasteiger partial charge is 0.497 e. The number of hydrogen-bond acceptors (Lipinski definition) is 4. The average molecular weight is 341 g/mol. The van der Waals surface area contributed by atoms with Gasteiger partial charge in [-0.05, 0) is 30.5 Å². The second-order valence-corrected chi connectivity index (χ2v) is 7.47. The maximum atomic E-state index is 12.2. The van der Waals surface area contributed by atoms with Crippen LogP contribution in [-0.4, -0.2) is 51.8 Å². The second kappa shape index (κ2) is 7.65. The van der Waals surface area contributed by atoms with Gasteiger partial charge in [-0.2, -0.15) is 0 Å². The number of rotatable bonds is 5. The minimum Gasteiger partial charge on any atom is -0.497 e. The van der Waals surface area contributed by atoms with E-state index in [9.17, 15) is 13.2 Å². The molecule has 0 spiro atoms. The molecule has 1 fully saturated rings. The first-order valence-electron chi connectivity index (χ1n) is 7.50. The predicted octanol–water partition coefficient (Wildman–Crippen LogP) is 0.918. The molecule has 1 heterocycles. The topological polar surface area (TPSA) is 87.7 Å². The SMILES string of the molecule is COc1cccc(CNC(=O)N2CCC[C@H](NS(C)(=O)=O)C2)c1. The number of carbonyl (C=O) groups excluding carboxylic acids is 1. The lowest BCUT2D eigenvalue weighted by Gasteiger charge is -2.32. The Kier molecular flexibility index (Phi) is 5.84. The van der Waals surface area contributed by atoms with Crippen LogP contribution in [0.5, 0.6) is 5.75 Å². The Bertz CT molecular complexity index is 648. The molecule has 0 aliphatic carbocycles. The van der Waals surface area contributed by atoms with Gasteiger partial charge in [0.05, 0.1) is 13.4 Å². The van der Waals surface area contributed by atoms with E-state index < -0.39 is 10.0 Å². The molecule has 23 heavy (non-hydrogen) atoms. The number of methoxy groups -OCH3 is 1. The molecule has 1 aliphatic heterocycles. The second-order valence-electron chi connectivity index (χ2n) is 5.69. The van der Waals surface area contributed by atoms with Crippen LogP contribution in [0.2, 0.25) is 0 Å². The number of amides is 2. The maximum Gasteiger partial charge on any atom is 0.317 e. The zero-order chi connectivity index (χ0) is 16.9. The third kappa shape index (κ3) is 5.72. The van der Waals surface area contributed by atoms with Crippen LogP contribution in [0.15, 0.2) is 24.3 Å². The third-order valence-electron chi connectivity index (χ3n) is 3.67. The fourth-order valence-corrected chi connectivity index (χ4v) is 3.43. The fraction of sp³-hybridized carbons (Fsp3) is 0.533. The van der Waals surface area contributed by atoms with Crippen LogP contribution in [0.25, 0.3) is 0 Å². The van der Waals surface area contributed by atoms with Crippen molar-refractivity contribution in [3.8, 4) is 5.75 Å². The van der Waals surface area contributed by atoms with E-state index in [0.717, 1.165) is 30.4 Å². The molecule has 128 valence electrons. The summed E-state index contributed by atoms with van der Waals surface area (Å²) >= 11 is 0. The molecule has 2 rings (SSSR count). The highest BCUT2D eigenvalue weighted by atomic mass is 32.2. The molecule has 1 atom stereocenters. The first-order chi connectivity index (χ1) is 10.9. The van der Waals surface area contributed by atoms with E-state index in [4.69, 9.17) is 4.74 Å². The van der Waals surface area contributed by atoms with Gasteiger partial charge in [0.1, 0.15) is 5.75 Å². The van der Waals surface area contributed by atoms with Crippen molar-refractivity contribution in [2.75, 3.05) is 26.5 Å². The molecule has 1 aromatic rings. The van der Waals surface area contributed by atoms with Crippen LogP contribution >= 0.6 is 0 Å². The summed E-state index contributed by atoms with van der Waals surface area (Å²) in [4.78, 5) is 13.9. The number of likely N-dealkylation sites (tertiary alicyclic amines) is 1. The van der Waals surface area contributed by atoms with Crippen molar-refractivity contribution >= 4 is 16.1 Å². The van der Waals surface area contributed by atoms with Gasteiger partial charge in [0.15, 0.2) is 0 Å². The zero-order valence-corrected chi connectivity index (χ0v) is 14.2. The summed E-state index contributed by atoms with van der Waals surface area (Å²) in [6.45, 7) is 1.42. The van der Waals surface area contributed by atoms with Crippen molar-refractivity contribution in [2.24, 2.45) is 0 Å². The molecule has 0 aromatic heterocycles. The highest BCUT2D eigenvalue weighted by Gasteiger charge is 2.25. The number of benzene rings is 1. The molecule has 2 amide bonds. The average Bonchev–Trinajstić information content (AvgIpc) is 2.51. The van der Waals surface area contributed by atoms with Gasteiger partial charge in [0.25, 0.3) is 0 Å². The smallest absolute Gasteiger partial charge is 0.317 e. The number of sulfonamides is 1. The monoisotopic (exact) mass is 341 g/mol. The van der Waals surface area contributed by atoms with Crippen molar-refractivity contribution in [3.05, 3.63) is 29.8 Å². The molecule has 2 N–H and O–H groups in total. The van der Waals surface area contributed by atoms with Gasteiger partial charge < -0.3 is 15.0 Å². The summed E-state index contributed by atoms with van der Waals surface area (Å²) in [5.41, 5.74) is 0.945. The lowest BCUT2D eigenvalue weighted by atomic mass is 10.1. The van der Waals surface area contributed by atoms with Gasteiger partial charge in [-0.3, -0.25) is 0 Å². The summed E-state index contributed by atoms with van der Waals surface area (Å²) in [6, 6.07) is 7.08. The molecule has 8 heteroatoms. The molecule has 1 aromatic carbocycles. The van der Waals surface area contributed by atoms with Crippen LogP contribution in [-0.2, 0) is 16.6 Å². The predicted molar refractivity (Wildman–Crippen MR) is 87.8 cm³/mol. The molecular weight excluding hydrogens is 318 g/mol. The first-order valence-corrected chi connectivity index (χ1v) is 9.39. The Balaban J connectivity index is 1.87. The van der Waals surface area contributed by atoms with Crippen LogP contribution < -0.4 is 14.8 Å². The summed E-state index contributed by atoms with van der Waals surface area (Å²) < 4.78 is 30.3. The minimum atomic E-state index is -3.26. The summed E-state index contributed by atoms with van der Waals surface area (Å²) in [5.74, 6) is 0.743. The minimum absolute atomic E-state index is 0.187. The lowest BCUT2D eigenvalue weighted by Crippen LogP contribution is -2.51. The van der Waals surface area contributed by atoms with E-state index >= 15 is 0 Å². The van der Waals surface area contributed by atoms with Crippen molar-refractivity contribution in [2.45, 2.75) is 25.4 Å². The molecule has 7 nitrogen and oxygen atoms in total. The molecule has 0 bridgehead atoms. The number of urea groups is 1. The Morgan fingerprint density at radius 3 is 2.91 bits per heavy atom. The number of ether oxygens (including phenoxy) is 1. The van der Waals surface area contributed by atoms with Crippen LogP contribution in [0, 0.1) is 0 Å². The van der Waals surface area contributed by atoms with Crippen LogP contribution in [0.1, 0.15) is 18.4 Å². The number of piperidine rings is 1. The van der Waals surface area contributed by atoms with Crippen molar-refractivity contribution in [3.63, 3.8) is 0 Å². The van der Waals surface area contributed by atoms with Gasteiger partial charge in [0.2, 0.25) is 10.0 Å². The van der Waals surface area contributed by atoms with Gasteiger partial charge in [0, 0.05) is 25.7 Å². The van der Waals surface area contributed by atoms with E-state index in [-0.39, 0.29) is 12.1 Å². The summed E-state index contributed by atoms with van der Waals surface area (Å²) in [6.07, 6.45) is 2.65. The van der Waals surface area contributed by atoms with E-state index in [2.05, 4.69) is 10.0 Å². The van der Waals surface area contributed by atoms with Gasteiger partial charge in [-0.1, -0.05) is 12.1 Å². The van der Waals surface area contributed by atoms with E-state index in [1.165, 1.54) is 0 Å².